The Morgan fingerprint density at radius 2 is 1.81 bits per heavy atom. The molecule has 0 fully saturated rings. The number of nitrogens with two attached hydrogens (primary N) is 1. The van der Waals surface area contributed by atoms with Crippen molar-refractivity contribution in [2.75, 3.05) is 32.7 Å². The van der Waals surface area contributed by atoms with Gasteiger partial charge < -0.3 is 16.0 Å². The summed E-state index contributed by atoms with van der Waals surface area (Å²) >= 11 is 0. The van der Waals surface area contributed by atoms with Gasteiger partial charge in [0.2, 0.25) is 0 Å². The molecule has 0 aliphatic carbocycles. The Morgan fingerprint density at radius 3 is 2.33 bits per heavy atom. The van der Waals surface area contributed by atoms with Gasteiger partial charge in [-0.25, -0.2) is 0 Å². The number of nitrogens with zero attached hydrogens (tertiary/aromatic N) is 1. The summed E-state index contributed by atoms with van der Waals surface area (Å²) in [6.45, 7) is 7.49. The summed E-state index contributed by atoms with van der Waals surface area (Å²) in [6.07, 6.45) is -4.36. The summed E-state index contributed by atoms with van der Waals surface area (Å²) in [7, 11) is 0. The molecule has 21 heavy (non-hydrogen) atoms. The molecule has 0 amide bonds. The Bertz CT molecular complexity index is 417. The van der Waals surface area contributed by atoms with Gasteiger partial charge in [0.1, 0.15) is 0 Å². The Kier molecular flexibility index (Phi) is 7.14. The molecular weight excluding hydrogens is 279 g/mol. The standard InChI is InChI=1S/C15H24F3N3/c1-3-21(4-2)10-9-20-14(11-19)12-7-5-6-8-13(12)15(16,17)18/h5-8,14,20H,3-4,9-11,19H2,1-2H3. The molecule has 0 heterocycles. The quantitative estimate of drug-likeness (QED) is 0.776. The average Bonchev–Trinajstić information content (AvgIpc) is 2.47. The highest BCUT2D eigenvalue weighted by atomic mass is 19.4. The summed E-state index contributed by atoms with van der Waals surface area (Å²) < 4.78 is 39.1. The largest absolute Gasteiger partial charge is 0.416 e. The van der Waals surface area contributed by atoms with Crippen LogP contribution in [0.1, 0.15) is 31.0 Å². The van der Waals surface area contributed by atoms with E-state index in [0.29, 0.717) is 6.54 Å². The predicted octanol–water partition coefficient (Wildman–Crippen LogP) is 2.64. The van der Waals surface area contributed by atoms with Gasteiger partial charge in [-0.3, -0.25) is 0 Å². The highest BCUT2D eigenvalue weighted by Crippen LogP contribution is 2.34. The number of nitrogens with one attached hydrogen (secondary N) is 1. The molecule has 1 atom stereocenters. The van der Waals surface area contributed by atoms with Crippen LogP contribution < -0.4 is 11.1 Å². The number of rotatable bonds is 8. The van der Waals surface area contributed by atoms with E-state index in [1.165, 1.54) is 12.1 Å². The molecule has 0 aromatic heterocycles. The van der Waals surface area contributed by atoms with Gasteiger partial charge in [-0.2, -0.15) is 13.2 Å². The van der Waals surface area contributed by atoms with Crippen LogP contribution in [0.2, 0.25) is 0 Å². The fourth-order valence-electron chi connectivity index (χ4n) is 2.32. The highest BCUT2D eigenvalue weighted by molar-refractivity contribution is 5.32. The Balaban J connectivity index is 2.77. The molecule has 1 aromatic carbocycles. The minimum Gasteiger partial charge on any atom is -0.329 e. The number of hydrogen-bond acceptors (Lipinski definition) is 3. The van der Waals surface area contributed by atoms with Crippen molar-refractivity contribution in [2.45, 2.75) is 26.1 Å². The maximum absolute atomic E-state index is 13.0. The van der Waals surface area contributed by atoms with E-state index in [4.69, 9.17) is 5.73 Å². The van der Waals surface area contributed by atoms with Gasteiger partial charge in [0.05, 0.1) is 5.56 Å². The first-order valence-electron chi connectivity index (χ1n) is 7.25. The normalized spacial score (nSPS) is 13.7. The lowest BCUT2D eigenvalue weighted by Gasteiger charge is -2.24. The Labute approximate surface area is 124 Å². The lowest BCUT2D eigenvalue weighted by atomic mass is 10.00. The van der Waals surface area contributed by atoms with Crippen LogP contribution in [0, 0.1) is 0 Å². The summed E-state index contributed by atoms with van der Waals surface area (Å²) in [4.78, 5) is 2.20. The zero-order chi connectivity index (χ0) is 15.9. The molecule has 0 spiro atoms. The van der Waals surface area contributed by atoms with Crippen molar-refractivity contribution in [3.63, 3.8) is 0 Å². The van der Waals surface area contributed by atoms with Crippen molar-refractivity contribution in [1.29, 1.82) is 0 Å². The van der Waals surface area contributed by atoms with E-state index in [2.05, 4.69) is 24.1 Å². The molecule has 0 aliphatic heterocycles. The lowest BCUT2D eigenvalue weighted by Crippen LogP contribution is -2.36. The molecule has 1 unspecified atom stereocenters. The first-order valence-corrected chi connectivity index (χ1v) is 7.25. The van der Waals surface area contributed by atoms with E-state index >= 15 is 0 Å². The number of hydrogen-bond donors (Lipinski definition) is 2. The summed E-state index contributed by atoms with van der Waals surface area (Å²) in [5, 5.41) is 3.13. The molecule has 120 valence electrons. The van der Waals surface area contributed by atoms with Crippen LogP contribution in [0.3, 0.4) is 0 Å². The molecule has 0 radical (unpaired) electrons. The van der Waals surface area contributed by atoms with Crippen molar-refractivity contribution in [2.24, 2.45) is 5.73 Å². The number of halogens is 3. The van der Waals surface area contributed by atoms with E-state index in [1.54, 1.807) is 6.07 Å². The van der Waals surface area contributed by atoms with Crippen LogP contribution in [-0.2, 0) is 6.18 Å². The predicted molar refractivity (Wildman–Crippen MR) is 79.0 cm³/mol. The molecule has 1 rings (SSSR count). The first kappa shape index (κ1) is 17.9. The number of alkyl halides is 3. The van der Waals surface area contributed by atoms with Crippen LogP contribution in [0.5, 0.6) is 0 Å². The van der Waals surface area contributed by atoms with Crippen LogP contribution in [0.15, 0.2) is 24.3 Å². The molecule has 0 saturated heterocycles. The summed E-state index contributed by atoms with van der Waals surface area (Å²) in [6, 6.07) is 5.11. The van der Waals surface area contributed by atoms with Crippen molar-refractivity contribution in [1.82, 2.24) is 10.2 Å². The fourth-order valence-corrected chi connectivity index (χ4v) is 2.32. The van der Waals surface area contributed by atoms with Gasteiger partial charge in [-0.15, -0.1) is 0 Å². The van der Waals surface area contributed by atoms with Gasteiger partial charge >= 0.3 is 6.18 Å². The Hall–Kier alpha value is -1.11. The molecule has 6 heteroatoms. The van der Waals surface area contributed by atoms with E-state index < -0.39 is 17.8 Å². The second-order valence-electron chi connectivity index (χ2n) is 4.85. The lowest BCUT2D eigenvalue weighted by molar-refractivity contribution is -0.138. The third kappa shape index (κ3) is 5.30. The Morgan fingerprint density at radius 1 is 1.19 bits per heavy atom. The van der Waals surface area contributed by atoms with Crippen molar-refractivity contribution >= 4 is 0 Å². The van der Waals surface area contributed by atoms with Crippen LogP contribution in [0.4, 0.5) is 13.2 Å². The number of likely N-dealkylation sites (N-methyl/N-ethyl adjacent to an activating group) is 1. The smallest absolute Gasteiger partial charge is 0.329 e. The molecule has 0 saturated carbocycles. The van der Waals surface area contributed by atoms with Gasteiger partial charge in [-0.1, -0.05) is 32.0 Å². The van der Waals surface area contributed by atoms with Gasteiger partial charge in [0, 0.05) is 25.7 Å². The second kappa shape index (κ2) is 8.36. The van der Waals surface area contributed by atoms with Crippen molar-refractivity contribution < 1.29 is 13.2 Å². The van der Waals surface area contributed by atoms with Crippen molar-refractivity contribution in [3.8, 4) is 0 Å². The maximum Gasteiger partial charge on any atom is 0.416 e. The van der Waals surface area contributed by atoms with Crippen LogP contribution in [-0.4, -0.2) is 37.6 Å². The zero-order valence-corrected chi connectivity index (χ0v) is 12.6. The minimum atomic E-state index is -4.36. The number of benzene rings is 1. The average molecular weight is 303 g/mol. The third-order valence-corrected chi connectivity index (χ3v) is 3.59. The van der Waals surface area contributed by atoms with Crippen LogP contribution in [0.25, 0.3) is 0 Å². The van der Waals surface area contributed by atoms with Gasteiger partial charge in [0.15, 0.2) is 0 Å². The van der Waals surface area contributed by atoms with Crippen LogP contribution >= 0.6 is 0 Å². The second-order valence-corrected chi connectivity index (χ2v) is 4.85. The molecule has 0 aliphatic rings. The minimum absolute atomic E-state index is 0.130. The maximum atomic E-state index is 13.0. The van der Waals surface area contributed by atoms with E-state index in [1.807, 2.05) is 0 Å². The topological polar surface area (TPSA) is 41.3 Å². The van der Waals surface area contributed by atoms with E-state index in [-0.39, 0.29) is 12.1 Å². The molecule has 3 N–H and O–H groups in total. The third-order valence-electron chi connectivity index (χ3n) is 3.59. The summed E-state index contributed by atoms with van der Waals surface area (Å²) in [5.41, 5.74) is 5.26. The fraction of sp³-hybridized carbons (Fsp3) is 0.600. The highest BCUT2D eigenvalue weighted by Gasteiger charge is 2.34. The first-order chi connectivity index (χ1) is 9.93. The van der Waals surface area contributed by atoms with Crippen molar-refractivity contribution in [3.05, 3.63) is 35.4 Å². The van der Waals surface area contributed by atoms with Gasteiger partial charge in [-0.05, 0) is 24.7 Å². The molecule has 3 nitrogen and oxygen atoms in total. The van der Waals surface area contributed by atoms with E-state index in [9.17, 15) is 13.2 Å². The zero-order valence-electron chi connectivity index (χ0n) is 12.6. The molecule has 0 bridgehead atoms. The summed E-state index contributed by atoms with van der Waals surface area (Å²) in [5.74, 6) is 0. The monoisotopic (exact) mass is 303 g/mol. The molecule has 1 aromatic rings. The molecular formula is C15H24F3N3. The van der Waals surface area contributed by atoms with E-state index in [0.717, 1.165) is 25.7 Å². The SMILES string of the molecule is CCN(CC)CCNC(CN)c1ccccc1C(F)(F)F. The van der Waals surface area contributed by atoms with Gasteiger partial charge in [0.25, 0.3) is 0 Å².